The normalized spacial score (nSPS) is 19.1. The smallest absolute Gasteiger partial charge is 0.271 e. The van der Waals surface area contributed by atoms with Crippen molar-refractivity contribution in [2.24, 2.45) is 5.92 Å². The fourth-order valence-corrected chi connectivity index (χ4v) is 2.28. The Morgan fingerprint density at radius 2 is 2.40 bits per heavy atom. The van der Waals surface area contributed by atoms with Crippen LogP contribution in [0.4, 0.5) is 0 Å². The van der Waals surface area contributed by atoms with E-state index in [4.69, 9.17) is 16.3 Å². The highest BCUT2D eigenvalue weighted by molar-refractivity contribution is 6.33. The van der Waals surface area contributed by atoms with Gasteiger partial charge in [-0.1, -0.05) is 25.4 Å². The number of aromatic nitrogens is 2. The molecule has 0 radical (unpaired) electrons. The van der Waals surface area contributed by atoms with E-state index >= 15 is 0 Å². The average Bonchev–Trinajstić information content (AvgIpc) is 2.46. The monoisotopic (exact) mass is 297 g/mol. The maximum absolute atomic E-state index is 12.2. The first-order valence-electron chi connectivity index (χ1n) is 6.96. The van der Waals surface area contributed by atoms with Crippen LogP contribution in [0.2, 0.25) is 5.02 Å². The summed E-state index contributed by atoms with van der Waals surface area (Å²) >= 11 is 6.01. The Kier molecular flexibility index (Phi) is 5.31. The lowest BCUT2D eigenvalue weighted by atomic mass is 10.0. The number of nitrogens with zero attached hydrogens (tertiary/aromatic N) is 2. The summed E-state index contributed by atoms with van der Waals surface area (Å²) < 4.78 is 5.39. The van der Waals surface area contributed by atoms with E-state index in [0.29, 0.717) is 24.9 Å². The Morgan fingerprint density at radius 1 is 1.60 bits per heavy atom. The molecule has 2 heterocycles. The van der Waals surface area contributed by atoms with Crippen LogP contribution in [-0.4, -0.2) is 35.6 Å². The van der Waals surface area contributed by atoms with Gasteiger partial charge >= 0.3 is 0 Å². The average molecular weight is 298 g/mol. The van der Waals surface area contributed by atoms with Crippen LogP contribution in [-0.2, 0) is 4.74 Å². The lowest BCUT2D eigenvalue weighted by Crippen LogP contribution is -2.34. The van der Waals surface area contributed by atoms with Crippen LogP contribution in [0.3, 0.4) is 0 Å². The lowest BCUT2D eigenvalue weighted by Gasteiger charge is -2.22. The molecule has 20 heavy (non-hydrogen) atoms. The number of ether oxygens (including phenoxy) is 1. The number of rotatable bonds is 4. The van der Waals surface area contributed by atoms with Crippen LogP contribution >= 0.6 is 11.6 Å². The predicted molar refractivity (Wildman–Crippen MR) is 77.0 cm³/mol. The lowest BCUT2D eigenvalue weighted by molar-refractivity contribution is 0.0535. The molecule has 1 aromatic heterocycles. The molecule has 0 bridgehead atoms. The highest BCUT2D eigenvalue weighted by Gasteiger charge is 2.18. The van der Waals surface area contributed by atoms with Gasteiger partial charge in [0.05, 0.1) is 17.8 Å². The van der Waals surface area contributed by atoms with Crippen molar-refractivity contribution in [3.63, 3.8) is 0 Å². The second kappa shape index (κ2) is 6.99. The minimum Gasteiger partial charge on any atom is -0.381 e. The number of hydrogen-bond donors (Lipinski definition) is 1. The highest BCUT2D eigenvalue weighted by Crippen LogP contribution is 2.17. The maximum atomic E-state index is 12.2. The molecule has 1 saturated heterocycles. The molecule has 110 valence electrons. The molecule has 1 amide bonds. The molecule has 5 nitrogen and oxygen atoms in total. The Morgan fingerprint density at radius 3 is 3.05 bits per heavy atom. The molecule has 1 unspecified atom stereocenters. The van der Waals surface area contributed by atoms with Gasteiger partial charge < -0.3 is 10.1 Å². The number of halogens is 1. The Labute approximate surface area is 124 Å². The summed E-state index contributed by atoms with van der Waals surface area (Å²) in [4.78, 5) is 20.5. The van der Waals surface area contributed by atoms with Gasteiger partial charge in [-0.05, 0) is 18.8 Å². The Hall–Kier alpha value is -1.20. The second-order valence-electron chi connectivity index (χ2n) is 5.37. The van der Waals surface area contributed by atoms with E-state index in [9.17, 15) is 4.79 Å². The van der Waals surface area contributed by atoms with Crippen molar-refractivity contribution in [1.29, 1.82) is 0 Å². The van der Waals surface area contributed by atoms with Gasteiger partial charge in [0.1, 0.15) is 11.5 Å². The molecule has 0 saturated carbocycles. The molecule has 1 aromatic rings. The summed E-state index contributed by atoms with van der Waals surface area (Å²) in [7, 11) is 0. The minimum absolute atomic E-state index is 0.158. The van der Waals surface area contributed by atoms with Crippen molar-refractivity contribution in [2.75, 3.05) is 19.8 Å². The van der Waals surface area contributed by atoms with E-state index in [-0.39, 0.29) is 22.5 Å². The molecule has 6 heteroatoms. The summed E-state index contributed by atoms with van der Waals surface area (Å²) in [6.07, 6.45) is 3.61. The summed E-state index contributed by atoms with van der Waals surface area (Å²) in [5.41, 5.74) is 0.252. The van der Waals surface area contributed by atoms with E-state index in [0.717, 1.165) is 19.4 Å². The van der Waals surface area contributed by atoms with Crippen molar-refractivity contribution in [1.82, 2.24) is 15.3 Å². The predicted octanol–water partition coefficient (Wildman–Crippen LogP) is 2.41. The third-order valence-electron chi connectivity index (χ3n) is 3.30. The summed E-state index contributed by atoms with van der Waals surface area (Å²) in [5, 5.41) is 3.17. The Balaban J connectivity index is 1.99. The quantitative estimate of drug-likeness (QED) is 0.927. The second-order valence-corrected chi connectivity index (χ2v) is 5.78. The van der Waals surface area contributed by atoms with Gasteiger partial charge in [-0.15, -0.1) is 0 Å². The first-order chi connectivity index (χ1) is 9.58. The standard InChI is InChI=1S/C14H20ClN3O2/c1-9(2)13-16-7-11(15)12(18-13)14(19)17-6-10-4-3-5-20-8-10/h7,9-10H,3-6,8H2,1-2H3,(H,17,19). The molecular weight excluding hydrogens is 278 g/mol. The van der Waals surface area contributed by atoms with E-state index in [1.165, 1.54) is 6.20 Å². The van der Waals surface area contributed by atoms with Crippen LogP contribution in [0.1, 0.15) is 48.9 Å². The van der Waals surface area contributed by atoms with Crippen molar-refractivity contribution >= 4 is 17.5 Å². The topological polar surface area (TPSA) is 64.1 Å². The van der Waals surface area contributed by atoms with Crippen LogP contribution in [0, 0.1) is 5.92 Å². The first kappa shape index (κ1) is 15.2. The zero-order chi connectivity index (χ0) is 14.5. The van der Waals surface area contributed by atoms with Gasteiger partial charge in [0, 0.05) is 19.1 Å². The molecule has 0 spiro atoms. The van der Waals surface area contributed by atoms with Gasteiger partial charge in [0.25, 0.3) is 5.91 Å². The van der Waals surface area contributed by atoms with Crippen LogP contribution in [0.5, 0.6) is 0 Å². The number of hydrogen-bond acceptors (Lipinski definition) is 4. The molecule has 1 fully saturated rings. The maximum Gasteiger partial charge on any atom is 0.271 e. The fourth-order valence-electron chi connectivity index (χ4n) is 2.11. The van der Waals surface area contributed by atoms with Gasteiger partial charge in [-0.2, -0.15) is 0 Å². The molecule has 0 aliphatic carbocycles. The van der Waals surface area contributed by atoms with Gasteiger partial charge in [-0.25, -0.2) is 9.97 Å². The number of carbonyl (C=O) groups excluding carboxylic acids is 1. The number of amides is 1. The SMILES string of the molecule is CC(C)c1ncc(Cl)c(C(=O)NCC2CCCOC2)n1. The fraction of sp³-hybridized carbons (Fsp3) is 0.643. The van der Waals surface area contributed by atoms with E-state index < -0.39 is 0 Å². The number of nitrogens with one attached hydrogen (secondary N) is 1. The highest BCUT2D eigenvalue weighted by atomic mass is 35.5. The van der Waals surface area contributed by atoms with Crippen LogP contribution in [0.25, 0.3) is 0 Å². The van der Waals surface area contributed by atoms with Gasteiger partial charge in [0.2, 0.25) is 0 Å². The van der Waals surface area contributed by atoms with Crippen LogP contribution in [0.15, 0.2) is 6.20 Å². The molecule has 1 aliphatic heterocycles. The van der Waals surface area contributed by atoms with Gasteiger partial charge in [-0.3, -0.25) is 4.79 Å². The molecule has 1 atom stereocenters. The van der Waals surface area contributed by atoms with Crippen molar-refractivity contribution in [3.05, 3.63) is 22.7 Å². The van der Waals surface area contributed by atoms with E-state index in [1.54, 1.807) is 0 Å². The van der Waals surface area contributed by atoms with Gasteiger partial charge in [0.15, 0.2) is 0 Å². The molecule has 1 N–H and O–H groups in total. The van der Waals surface area contributed by atoms with E-state index in [1.807, 2.05) is 13.8 Å². The molecular formula is C14H20ClN3O2. The Bertz CT molecular complexity index is 473. The first-order valence-corrected chi connectivity index (χ1v) is 7.34. The largest absolute Gasteiger partial charge is 0.381 e. The van der Waals surface area contributed by atoms with Crippen molar-refractivity contribution in [3.8, 4) is 0 Å². The van der Waals surface area contributed by atoms with Crippen molar-refractivity contribution < 1.29 is 9.53 Å². The van der Waals surface area contributed by atoms with Crippen molar-refractivity contribution in [2.45, 2.75) is 32.6 Å². The summed E-state index contributed by atoms with van der Waals surface area (Å²) in [5.74, 6) is 0.911. The third-order valence-corrected chi connectivity index (χ3v) is 3.58. The zero-order valence-electron chi connectivity index (χ0n) is 11.9. The zero-order valence-corrected chi connectivity index (χ0v) is 12.6. The summed E-state index contributed by atoms with van der Waals surface area (Å²) in [6, 6.07) is 0. The number of carbonyl (C=O) groups is 1. The third kappa shape index (κ3) is 3.90. The van der Waals surface area contributed by atoms with E-state index in [2.05, 4.69) is 15.3 Å². The summed E-state index contributed by atoms with van der Waals surface area (Å²) in [6.45, 7) is 6.07. The molecule has 1 aliphatic rings. The minimum atomic E-state index is -0.245. The molecule has 0 aromatic carbocycles. The molecule has 2 rings (SSSR count). The van der Waals surface area contributed by atoms with Crippen LogP contribution < -0.4 is 5.32 Å².